The number of aliphatic carboxylic acids is 1. The molecule has 1 N–H and O–H groups in total. The van der Waals surface area contributed by atoms with Crippen molar-refractivity contribution in [2.75, 3.05) is 0 Å². The second-order valence-electron chi connectivity index (χ2n) is 10.2. The molecular weight excluding hydrogens is 364 g/mol. The Kier molecular flexibility index (Phi) is 12.6. The number of hydrogen-bond acceptors (Lipinski definition) is 3. The smallest absolute Gasteiger partial charge is 0.309 e. The van der Waals surface area contributed by atoms with Crippen molar-refractivity contribution < 1.29 is 19.4 Å². The van der Waals surface area contributed by atoms with Gasteiger partial charge in [-0.2, -0.15) is 0 Å². The number of hydrogen-bond donors (Lipinski definition) is 1. The van der Waals surface area contributed by atoms with Gasteiger partial charge >= 0.3 is 11.9 Å². The molecule has 0 spiro atoms. The van der Waals surface area contributed by atoms with Crippen LogP contribution < -0.4 is 0 Å². The second-order valence-corrected chi connectivity index (χ2v) is 10.2. The van der Waals surface area contributed by atoms with E-state index in [-0.39, 0.29) is 17.8 Å². The van der Waals surface area contributed by atoms with Crippen molar-refractivity contribution in [3.8, 4) is 0 Å². The number of carbonyl (C=O) groups excluding carboxylic acids is 1. The van der Waals surface area contributed by atoms with E-state index in [1.54, 1.807) is 0 Å². The van der Waals surface area contributed by atoms with Crippen LogP contribution in [0.2, 0.25) is 0 Å². The lowest BCUT2D eigenvalue weighted by molar-refractivity contribution is -0.165. The molecule has 1 saturated carbocycles. The fraction of sp³-hybridized carbons (Fsp3) is 0.920. The van der Waals surface area contributed by atoms with Gasteiger partial charge in [-0.15, -0.1) is 0 Å². The van der Waals surface area contributed by atoms with E-state index in [9.17, 15) is 9.59 Å². The van der Waals surface area contributed by atoms with Crippen LogP contribution in [0.25, 0.3) is 0 Å². The zero-order chi connectivity index (χ0) is 21.7. The average molecular weight is 411 g/mol. The number of esters is 1. The number of rotatable bonds is 15. The molecule has 0 aliphatic heterocycles. The molecule has 4 nitrogen and oxygen atoms in total. The van der Waals surface area contributed by atoms with Crippen LogP contribution >= 0.6 is 0 Å². The predicted molar refractivity (Wildman–Crippen MR) is 119 cm³/mol. The maximum Gasteiger partial charge on any atom is 0.309 e. The third-order valence-corrected chi connectivity index (χ3v) is 6.35. The molecular formula is C25H46O4. The van der Waals surface area contributed by atoms with E-state index < -0.39 is 11.6 Å². The number of unbranched alkanes of at least 4 members (excludes halogenated alkanes) is 8. The molecule has 0 saturated heterocycles. The van der Waals surface area contributed by atoms with Gasteiger partial charge in [0.15, 0.2) is 0 Å². The standard InChI is InChI=1S/C25H46O4/c1-20(2)14-12-10-8-6-5-7-9-11-13-19-25(3,4)29-24(28)22-17-15-21(16-18-22)23(26)27/h20-22H,5-19H2,1-4H3,(H,26,27). The van der Waals surface area contributed by atoms with E-state index >= 15 is 0 Å². The van der Waals surface area contributed by atoms with Gasteiger partial charge < -0.3 is 9.84 Å². The van der Waals surface area contributed by atoms with Crippen LogP contribution in [-0.4, -0.2) is 22.6 Å². The molecule has 0 heterocycles. The van der Waals surface area contributed by atoms with Gasteiger partial charge in [-0.3, -0.25) is 9.59 Å². The van der Waals surface area contributed by atoms with Gasteiger partial charge in [0.1, 0.15) is 5.60 Å². The van der Waals surface area contributed by atoms with Crippen LogP contribution in [0.5, 0.6) is 0 Å². The van der Waals surface area contributed by atoms with E-state index in [0.717, 1.165) is 18.8 Å². The maximum atomic E-state index is 12.4. The van der Waals surface area contributed by atoms with E-state index in [0.29, 0.717) is 25.7 Å². The molecule has 0 bridgehead atoms. The minimum Gasteiger partial charge on any atom is -0.481 e. The number of ether oxygens (including phenoxy) is 1. The highest BCUT2D eigenvalue weighted by atomic mass is 16.6. The van der Waals surface area contributed by atoms with Crippen LogP contribution in [0.15, 0.2) is 0 Å². The Hall–Kier alpha value is -1.06. The molecule has 1 rings (SSSR count). The predicted octanol–water partition coefficient (Wildman–Crippen LogP) is 7.15. The summed E-state index contributed by atoms with van der Waals surface area (Å²) < 4.78 is 5.79. The lowest BCUT2D eigenvalue weighted by Crippen LogP contribution is -2.34. The molecule has 1 aliphatic carbocycles. The highest BCUT2D eigenvalue weighted by molar-refractivity contribution is 5.74. The lowest BCUT2D eigenvalue weighted by Gasteiger charge is -2.30. The van der Waals surface area contributed by atoms with Crippen LogP contribution in [0.3, 0.4) is 0 Å². The molecule has 29 heavy (non-hydrogen) atoms. The Balaban J connectivity index is 2.04. The summed E-state index contributed by atoms with van der Waals surface area (Å²) >= 11 is 0. The Morgan fingerprint density at radius 2 is 1.28 bits per heavy atom. The molecule has 0 atom stereocenters. The Morgan fingerprint density at radius 1 is 0.828 bits per heavy atom. The van der Waals surface area contributed by atoms with Crippen LogP contribution in [0.4, 0.5) is 0 Å². The summed E-state index contributed by atoms with van der Waals surface area (Å²) in [7, 11) is 0. The van der Waals surface area contributed by atoms with Gasteiger partial charge in [0, 0.05) is 0 Å². The summed E-state index contributed by atoms with van der Waals surface area (Å²) in [6.07, 6.45) is 16.5. The Morgan fingerprint density at radius 3 is 1.76 bits per heavy atom. The van der Waals surface area contributed by atoms with E-state index in [4.69, 9.17) is 9.84 Å². The van der Waals surface area contributed by atoms with E-state index in [1.165, 1.54) is 57.8 Å². The minimum absolute atomic E-state index is 0.120. The molecule has 0 unspecified atom stereocenters. The van der Waals surface area contributed by atoms with Gasteiger partial charge in [-0.1, -0.05) is 71.6 Å². The summed E-state index contributed by atoms with van der Waals surface area (Å²) in [6, 6.07) is 0. The highest BCUT2D eigenvalue weighted by Crippen LogP contribution is 2.31. The maximum absolute atomic E-state index is 12.4. The summed E-state index contributed by atoms with van der Waals surface area (Å²) in [5.74, 6) is -0.428. The normalized spacial score (nSPS) is 20.0. The van der Waals surface area contributed by atoms with Gasteiger partial charge in [-0.05, 0) is 58.3 Å². The first kappa shape index (κ1) is 26.0. The average Bonchev–Trinajstić information content (AvgIpc) is 2.65. The number of carboxylic acids is 1. The summed E-state index contributed by atoms with van der Waals surface area (Å²) in [5, 5.41) is 9.07. The number of carbonyl (C=O) groups is 2. The van der Waals surface area contributed by atoms with Gasteiger partial charge in [0.25, 0.3) is 0 Å². The van der Waals surface area contributed by atoms with Crippen molar-refractivity contribution in [3.63, 3.8) is 0 Å². The van der Waals surface area contributed by atoms with Crippen molar-refractivity contribution in [2.45, 2.75) is 130 Å². The van der Waals surface area contributed by atoms with Gasteiger partial charge in [-0.25, -0.2) is 0 Å². The molecule has 0 aromatic heterocycles. The molecule has 170 valence electrons. The summed E-state index contributed by atoms with van der Waals surface area (Å²) in [5.41, 5.74) is -0.419. The molecule has 0 aromatic carbocycles. The third-order valence-electron chi connectivity index (χ3n) is 6.35. The van der Waals surface area contributed by atoms with E-state index in [2.05, 4.69) is 13.8 Å². The van der Waals surface area contributed by atoms with Crippen LogP contribution in [0, 0.1) is 17.8 Å². The minimum atomic E-state index is -0.733. The van der Waals surface area contributed by atoms with Crippen molar-refractivity contribution in [1.82, 2.24) is 0 Å². The van der Waals surface area contributed by atoms with Crippen LogP contribution in [0.1, 0.15) is 124 Å². The van der Waals surface area contributed by atoms with Crippen molar-refractivity contribution in [2.24, 2.45) is 17.8 Å². The van der Waals surface area contributed by atoms with E-state index in [1.807, 2.05) is 13.8 Å². The first-order valence-corrected chi connectivity index (χ1v) is 12.2. The topological polar surface area (TPSA) is 63.6 Å². The monoisotopic (exact) mass is 410 g/mol. The molecule has 4 heteroatoms. The molecule has 0 radical (unpaired) electrons. The molecule has 1 fully saturated rings. The third kappa shape index (κ3) is 12.3. The Labute approximate surface area is 179 Å². The van der Waals surface area contributed by atoms with Crippen molar-refractivity contribution >= 4 is 11.9 Å². The summed E-state index contributed by atoms with van der Waals surface area (Å²) in [6.45, 7) is 8.61. The molecule has 0 amide bonds. The van der Waals surface area contributed by atoms with Crippen molar-refractivity contribution in [1.29, 1.82) is 0 Å². The quantitative estimate of drug-likeness (QED) is 0.230. The first-order valence-electron chi connectivity index (χ1n) is 12.2. The number of carboxylic acid groups (broad SMARTS) is 1. The first-order chi connectivity index (χ1) is 13.7. The summed E-state index contributed by atoms with van der Waals surface area (Å²) in [4.78, 5) is 23.5. The Bertz CT molecular complexity index is 461. The molecule has 0 aromatic rings. The SMILES string of the molecule is CC(C)CCCCCCCCCCCC(C)(C)OC(=O)C1CCC(C(=O)O)CC1. The zero-order valence-corrected chi connectivity index (χ0v) is 19.5. The fourth-order valence-electron chi connectivity index (χ4n) is 4.32. The zero-order valence-electron chi connectivity index (χ0n) is 19.5. The van der Waals surface area contributed by atoms with Gasteiger partial charge in [0.05, 0.1) is 11.8 Å². The largest absolute Gasteiger partial charge is 0.481 e. The second kappa shape index (κ2) is 14.0. The fourth-order valence-corrected chi connectivity index (χ4v) is 4.32. The van der Waals surface area contributed by atoms with Gasteiger partial charge in [0.2, 0.25) is 0 Å². The highest BCUT2D eigenvalue weighted by Gasteiger charge is 2.33. The van der Waals surface area contributed by atoms with Crippen LogP contribution in [-0.2, 0) is 14.3 Å². The molecule has 1 aliphatic rings. The lowest BCUT2D eigenvalue weighted by atomic mass is 9.82. The van der Waals surface area contributed by atoms with Crippen molar-refractivity contribution in [3.05, 3.63) is 0 Å².